The van der Waals surface area contributed by atoms with E-state index >= 15 is 0 Å². The van der Waals surface area contributed by atoms with Crippen LogP contribution >= 0.6 is 0 Å². The lowest BCUT2D eigenvalue weighted by molar-refractivity contribution is 0.502. The van der Waals surface area contributed by atoms with E-state index in [1.165, 1.54) is 11.3 Å². The van der Waals surface area contributed by atoms with E-state index in [1.807, 2.05) is 23.5 Å². The molecule has 0 aliphatic heterocycles. The predicted molar refractivity (Wildman–Crippen MR) is 78.4 cm³/mol. The van der Waals surface area contributed by atoms with E-state index in [1.54, 1.807) is 6.33 Å². The van der Waals surface area contributed by atoms with Crippen molar-refractivity contribution < 1.29 is 0 Å². The molecule has 20 heavy (non-hydrogen) atoms. The average Bonchev–Trinajstić information content (AvgIpc) is 2.91. The Labute approximate surface area is 120 Å². The smallest absolute Gasteiger partial charge is 0.138 e. The van der Waals surface area contributed by atoms with Crippen molar-refractivity contribution in [1.82, 2.24) is 29.9 Å². The number of hydrogen-bond acceptors (Lipinski definition) is 4. The van der Waals surface area contributed by atoms with Gasteiger partial charge in [0.1, 0.15) is 12.2 Å². The van der Waals surface area contributed by atoms with Gasteiger partial charge in [-0.15, -0.1) is 0 Å². The molecule has 1 N–H and O–H groups in total. The van der Waals surface area contributed by atoms with Gasteiger partial charge in [0, 0.05) is 37.8 Å². The van der Waals surface area contributed by atoms with Crippen LogP contribution in [0.25, 0.3) is 0 Å². The minimum Gasteiger partial charge on any atom is -0.309 e. The molecule has 6 nitrogen and oxygen atoms in total. The molecular formula is C14H24N6. The van der Waals surface area contributed by atoms with Crippen molar-refractivity contribution in [2.24, 2.45) is 14.1 Å². The standard InChI is InChI=1S/C14H24N6/c1-6-7-15-12(8-13-16-9-17-20(13)5)14-10(2)18-19(4)11(14)3/h9,12,15H,6-8H2,1-5H3. The van der Waals surface area contributed by atoms with Gasteiger partial charge in [0.05, 0.1) is 5.69 Å². The zero-order valence-corrected chi connectivity index (χ0v) is 13.0. The highest BCUT2D eigenvalue weighted by atomic mass is 15.3. The van der Waals surface area contributed by atoms with Gasteiger partial charge in [-0.25, -0.2) is 4.98 Å². The molecule has 0 amide bonds. The normalized spacial score (nSPS) is 12.8. The van der Waals surface area contributed by atoms with Crippen molar-refractivity contribution in [3.05, 3.63) is 29.1 Å². The Morgan fingerprint density at radius 3 is 2.50 bits per heavy atom. The molecule has 2 rings (SSSR count). The summed E-state index contributed by atoms with van der Waals surface area (Å²) >= 11 is 0. The fraction of sp³-hybridized carbons (Fsp3) is 0.643. The molecule has 0 fully saturated rings. The fourth-order valence-corrected chi connectivity index (χ4v) is 2.58. The Morgan fingerprint density at radius 1 is 1.25 bits per heavy atom. The maximum atomic E-state index is 4.53. The molecule has 0 aromatic carbocycles. The van der Waals surface area contributed by atoms with Crippen molar-refractivity contribution in [2.75, 3.05) is 6.54 Å². The maximum absolute atomic E-state index is 4.53. The van der Waals surface area contributed by atoms with E-state index in [2.05, 4.69) is 41.3 Å². The van der Waals surface area contributed by atoms with Crippen LogP contribution in [0, 0.1) is 13.8 Å². The third-order valence-electron chi connectivity index (χ3n) is 3.75. The quantitative estimate of drug-likeness (QED) is 0.867. The summed E-state index contributed by atoms with van der Waals surface area (Å²) in [6, 6.07) is 0.228. The lowest BCUT2D eigenvalue weighted by atomic mass is 10.0. The first kappa shape index (κ1) is 14.7. The number of aromatic nitrogens is 5. The van der Waals surface area contributed by atoms with Crippen LogP contribution < -0.4 is 5.32 Å². The van der Waals surface area contributed by atoms with E-state index in [-0.39, 0.29) is 6.04 Å². The zero-order valence-electron chi connectivity index (χ0n) is 13.0. The monoisotopic (exact) mass is 276 g/mol. The third kappa shape index (κ3) is 2.90. The second-order valence-electron chi connectivity index (χ2n) is 5.22. The van der Waals surface area contributed by atoms with Crippen LogP contribution in [0.3, 0.4) is 0 Å². The summed E-state index contributed by atoms with van der Waals surface area (Å²) in [5.41, 5.74) is 3.57. The first-order valence-electron chi connectivity index (χ1n) is 7.11. The minimum absolute atomic E-state index is 0.228. The highest BCUT2D eigenvalue weighted by Gasteiger charge is 2.21. The Hall–Kier alpha value is -1.69. The summed E-state index contributed by atoms with van der Waals surface area (Å²) in [5.74, 6) is 0.987. The summed E-state index contributed by atoms with van der Waals surface area (Å²) in [6.45, 7) is 7.35. The third-order valence-corrected chi connectivity index (χ3v) is 3.75. The molecule has 0 radical (unpaired) electrons. The maximum Gasteiger partial charge on any atom is 0.138 e. The molecule has 2 aromatic rings. The molecule has 6 heteroatoms. The number of nitrogens with zero attached hydrogens (tertiary/aromatic N) is 5. The van der Waals surface area contributed by atoms with Gasteiger partial charge >= 0.3 is 0 Å². The summed E-state index contributed by atoms with van der Waals surface area (Å²) < 4.78 is 3.78. The second kappa shape index (κ2) is 6.17. The molecule has 1 atom stereocenters. The van der Waals surface area contributed by atoms with Crippen LogP contribution in [0.2, 0.25) is 0 Å². The van der Waals surface area contributed by atoms with Crippen molar-refractivity contribution >= 4 is 0 Å². The number of rotatable bonds is 6. The van der Waals surface area contributed by atoms with E-state index in [0.29, 0.717) is 0 Å². The Morgan fingerprint density at radius 2 is 2.00 bits per heavy atom. The topological polar surface area (TPSA) is 60.6 Å². The SMILES string of the molecule is CCCNC(Cc1ncnn1C)c1c(C)nn(C)c1C. The van der Waals surface area contributed by atoms with Crippen LogP contribution in [0.5, 0.6) is 0 Å². The van der Waals surface area contributed by atoms with Gasteiger partial charge in [-0.2, -0.15) is 10.2 Å². The first-order valence-corrected chi connectivity index (χ1v) is 7.11. The molecule has 0 aliphatic carbocycles. The van der Waals surface area contributed by atoms with Crippen molar-refractivity contribution in [2.45, 2.75) is 39.7 Å². The van der Waals surface area contributed by atoms with Gasteiger partial charge in [-0.05, 0) is 26.8 Å². The van der Waals surface area contributed by atoms with Gasteiger partial charge in [-0.3, -0.25) is 9.36 Å². The highest BCUT2D eigenvalue weighted by Crippen LogP contribution is 2.24. The van der Waals surface area contributed by atoms with Gasteiger partial charge in [0.25, 0.3) is 0 Å². The van der Waals surface area contributed by atoms with E-state index in [0.717, 1.165) is 30.9 Å². The molecular weight excluding hydrogens is 252 g/mol. The number of hydrogen-bond donors (Lipinski definition) is 1. The molecule has 0 aliphatic rings. The molecule has 2 aromatic heterocycles. The average molecular weight is 276 g/mol. The molecule has 2 heterocycles. The molecule has 0 saturated heterocycles. The molecule has 0 spiro atoms. The summed E-state index contributed by atoms with van der Waals surface area (Å²) in [4.78, 5) is 4.34. The van der Waals surface area contributed by atoms with Gasteiger partial charge < -0.3 is 5.32 Å². The first-order chi connectivity index (χ1) is 9.54. The Bertz CT molecular complexity index is 568. The molecule has 1 unspecified atom stereocenters. The highest BCUT2D eigenvalue weighted by molar-refractivity contribution is 5.29. The van der Waals surface area contributed by atoms with Crippen LogP contribution in [-0.2, 0) is 20.5 Å². The largest absolute Gasteiger partial charge is 0.309 e. The number of nitrogens with one attached hydrogen (secondary N) is 1. The lowest BCUT2D eigenvalue weighted by Crippen LogP contribution is -2.26. The van der Waals surface area contributed by atoms with Gasteiger partial charge in [0.15, 0.2) is 0 Å². The van der Waals surface area contributed by atoms with Crippen molar-refractivity contribution in [3.63, 3.8) is 0 Å². The van der Waals surface area contributed by atoms with E-state index < -0.39 is 0 Å². The van der Waals surface area contributed by atoms with Gasteiger partial charge in [0.2, 0.25) is 0 Å². The predicted octanol–water partition coefficient (Wildman–Crippen LogP) is 1.45. The van der Waals surface area contributed by atoms with Gasteiger partial charge in [-0.1, -0.05) is 6.92 Å². The van der Waals surface area contributed by atoms with Crippen molar-refractivity contribution in [1.29, 1.82) is 0 Å². The fourth-order valence-electron chi connectivity index (χ4n) is 2.58. The van der Waals surface area contributed by atoms with Crippen LogP contribution in [-0.4, -0.2) is 31.1 Å². The summed E-state index contributed by atoms with van der Waals surface area (Å²) in [5, 5.41) is 12.3. The van der Waals surface area contributed by atoms with Crippen LogP contribution in [0.4, 0.5) is 0 Å². The minimum atomic E-state index is 0.228. The lowest BCUT2D eigenvalue weighted by Gasteiger charge is -2.19. The Kier molecular flexibility index (Phi) is 4.54. The summed E-state index contributed by atoms with van der Waals surface area (Å²) in [7, 11) is 3.92. The van der Waals surface area contributed by atoms with Crippen LogP contribution in [0.15, 0.2) is 6.33 Å². The van der Waals surface area contributed by atoms with Crippen LogP contribution in [0.1, 0.15) is 42.2 Å². The Balaban J connectivity index is 2.29. The summed E-state index contributed by atoms with van der Waals surface area (Å²) in [6.07, 6.45) is 3.53. The van der Waals surface area contributed by atoms with Crippen molar-refractivity contribution in [3.8, 4) is 0 Å². The molecule has 110 valence electrons. The molecule has 0 saturated carbocycles. The zero-order chi connectivity index (χ0) is 14.7. The molecule has 0 bridgehead atoms. The van der Waals surface area contributed by atoms with E-state index in [9.17, 15) is 0 Å². The number of aryl methyl sites for hydroxylation is 3. The second-order valence-corrected chi connectivity index (χ2v) is 5.22. The van der Waals surface area contributed by atoms with E-state index in [4.69, 9.17) is 0 Å².